The fourth-order valence-electron chi connectivity index (χ4n) is 9.13. The van der Waals surface area contributed by atoms with Gasteiger partial charge in [0, 0.05) is 32.9 Å². The van der Waals surface area contributed by atoms with Gasteiger partial charge in [-0.05, 0) is 81.3 Å². The normalized spacial score (nSPS) is 14.5. The van der Waals surface area contributed by atoms with Gasteiger partial charge in [0.2, 0.25) is 0 Å². The molecule has 0 amide bonds. The lowest BCUT2D eigenvalue weighted by atomic mass is 9.72. The highest BCUT2D eigenvalue weighted by atomic mass is 16.3. The molecule has 11 rings (SSSR count). The maximum atomic E-state index is 6.20. The van der Waals surface area contributed by atoms with Crippen LogP contribution in [0.1, 0.15) is 23.6 Å². The minimum absolute atomic E-state index is 0.389. The van der Waals surface area contributed by atoms with Crippen LogP contribution in [-0.2, 0) is 5.41 Å². The number of rotatable bonds is 6. The van der Waals surface area contributed by atoms with Gasteiger partial charge in [0.05, 0.1) is 11.4 Å². The van der Waals surface area contributed by atoms with E-state index in [1.54, 1.807) is 0 Å². The van der Waals surface area contributed by atoms with Gasteiger partial charge in [-0.1, -0.05) is 176 Å². The zero-order chi connectivity index (χ0) is 37.9. The van der Waals surface area contributed by atoms with Crippen LogP contribution in [0.25, 0.3) is 89.2 Å². The van der Waals surface area contributed by atoms with Crippen molar-refractivity contribution in [2.24, 2.45) is 0 Å². The highest BCUT2D eigenvalue weighted by Gasteiger charge is 2.42. The van der Waals surface area contributed by atoms with Gasteiger partial charge in [-0.15, -0.1) is 0 Å². The molecule has 0 N–H and O–H groups in total. The molecular weight excluding hydrogens is 693 g/mol. The van der Waals surface area contributed by atoms with Crippen LogP contribution in [0.4, 0.5) is 0 Å². The first-order valence-electron chi connectivity index (χ1n) is 19.5. The van der Waals surface area contributed by atoms with E-state index in [-0.39, 0.29) is 5.41 Å². The van der Waals surface area contributed by atoms with Crippen molar-refractivity contribution < 1.29 is 4.42 Å². The number of para-hydroxylation sites is 1. The van der Waals surface area contributed by atoms with Crippen molar-refractivity contribution in [2.75, 3.05) is 0 Å². The highest BCUT2D eigenvalue weighted by Crippen LogP contribution is 2.55. The first kappa shape index (κ1) is 33.0. The van der Waals surface area contributed by atoms with Crippen molar-refractivity contribution in [3.8, 4) is 67.3 Å². The van der Waals surface area contributed by atoms with E-state index in [1.165, 1.54) is 27.8 Å². The monoisotopic (exact) mass is 728 g/mol. The average molecular weight is 729 g/mol. The topological polar surface area (TPSA) is 38.9 Å². The summed E-state index contributed by atoms with van der Waals surface area (Å²) in [6.45, 7) is 2.37. The Kier molecular flexibility index (Phi) is 7.61. The lowest BCUT2D eigenvalue weighted by Gasteiger charge is -2.30. The molecule has 1 aliphatic carbocycles. The van der Waals surface area contributed by atoms with E-state index in [1.807, 2.05) is 18.2 Å². The summed E-state index contributed by atoms with van der Waals surface area (Å²) < 4.78 is 6.20. The standard InChI is InChI=1S/C54H36N2O/c1-54(37-19-6-3-7-20-37)47-29-14-12-24-41(47)44-27-16-28-45(52(44)54)49-34-48(55-53(56-49)35-17-4-2-5-18-35)42-25-11-10-23-40(42)39-22-9-8-21-38(39)36-31-32-51-46(33-36)43-26-13-15-30-50(43)57-51/h2-34H,1H3. The van der Waals surface area contributed by atoms with Crippen molar-refractivity contribution in [1.82, 2.24) is 9.97 Å². The highest BCUT2D eigenvalue weighted by molar-refractivity contribution is 6.07. The summed E-state index contributed by atoms with van der Waals surface area (Å²) in [4.78, 5) is 10.8. The van der Waals surface area contributed by atoms with Crippen LogP contribution in [-0.4, -0.2) is 9.97 Å². The molecule has 0 saturated carbocycles. The van der Waals surface area contributed by atoms with Gasteiger partial charge < -0.3 is 4.42 Å². The second-order valence-corrected chi connectivity index (χ2v) is 15.0. The Morgan fingerprint density at radius 1 is 0.386 bits per heavy atom. The minimum Gasteiger partial charge on any atom is -0.456 e. The second kappa shape index (κ2) is 13.1. The molecule has 1 atom stereocenters. The number of hydrogen-bond donors (Lipinski definition) is 0. The fourth-order valence-corrected chi connectivity index (χ4v) is 9.13. The number of furan rings is 1. The average Bonchev–Trinajstić information content (AvgIpc) is 3.79. The van der Waals surface area contributed by atoms with Crippen LogP contribution in [0.15, 0.2) is 205 Å². The summed E-state index contributed by atoms with van der Waals surface area (Å²) in [7, 11) is 0. The van der Waals surface area contributed by atoms with Crippen LogP contribution in [0.3, 0.4) is 0 Å². The Morgan fingerprint density at radius 3 is 1.74 bits per heavy atom. The summed E-state index contributed by atoms with van der Waals surface area (Å²) in [6.07, 6.45) is 0. The molecule has 0 bridgehead atoms. The molecule has 8 aromatic carbocycles. The van der Waals surface area contributed by atoms with Gasteiger partial charge in [-0.2, -0.15) is 0 Å². The van der Waals surface area contributed by atoms with E-state index in [0.717, 1.165) is 72.3 Å². The summed E-state index contributed by atoms with van der Waals surface area (Å²) in [5.74, 6) is 0.693. The molecule has 0 fully saturated rings. The van der Waals surface area contributed by atoms with E-state index < -0.39 is 0 Å². The molecule has 10 aromatic rings. The van der Waals surface area contributed by atoms with E-state index in [2.05, 4.69) is 189 Å². The van der Waals surface area contributed by atoms with E-state index in [0.29, 0.717) is 5.82 Å². The van der Waals surface area contributed by atoms with Gasteiger partial charge in [0.15, 0.2) is 5.82 Å². The van der Waals surface area contributed by atoms with Crippen LogP contribution in [0.2, 0.25) is 0 Å². The quantitative estimate of drug-likeness (QED) is 0.171. The van der Waals surface area contributed by atoms with Crippen molar-refractivity contribution in [3.63, 3.8) is 0 Å². The summed E-state index contributed by atoms with van der Waals surface area (Å²) in [5.41, 5.74) is 17.1. The molecule has 57 heavy (non-hydrogen) atoms. The van der Waals surface area contributed by atoms with Crippen LogP contribution in [0.5, 0.6) is 0 Å². The Labute approximate surface area is 331 Å². The smallest absolute Gasteiger partial charge is 0.160 e. The Bertz CT molecular complexity index is 3140. The zero-order valence-corrected chi connectivity index (χ0v) is 31.4. The molecule has 1 unspecified atom stereocenters. The third kappa shape index (κ3) is 5.27. The molecule has 0 spiro atoms. The second-order valence-electron chi connectivity index (χ2n) is 15.0. The third-order valence-electron chi connectivity index (χ3n) is 11.8. The van der Waals surface area contributed by atoms with Crippen molar-refractivity contribution >= 4 is 21.9 Å². The van der Waals surface area contributed by atoms with Gasteiger partial charge in [-0.3, -0.25) is 0 Å². The summed E-state index contributed by atoms with van der Waals surface area (Å²) in [5, 5.41) is 2.23. The summed E-state index contributed by atoms with van der Waals surface area (Å²) in [6, 6.07) is 71.0. The molecular formula is C54H36N2O. The molecule has 2 aromatic heterocycles. The number of aromatic nitrogens is 2. The predicted octanol–water partition coefficient (Wildman–Crippen LogP) is 14.0. The van der Waals surface area contributed by atoms with E-state index in [4.69, 9.17) is 14.4 Å². The molecule has 268 valence electrons. The van der Waals surface area contributed by atoms with Crippen molar-refractivity contribution in [2.45, 2.75) is 12.3 Å². The maximum absolute atomic E-state index is 6.20. The van der Waals surface area contributed by atoms with Crippen LogP contribution >= 0.6 is 0 Å². The first-order chi connectivity index (χ1) is 28.1. The molecule has 0 radical (unpaired) electrons. The number of nitrogens with zero attached hydrogens (tertiary/aromatic N) is 2. The zero-order valence-electron chi connectivity index (χ0n) is 31.4. The molecule has 0 saturated heterocycles. The van der Waals surface area contributed by atoms with Crippen LogP contribution in [0, 0.1) is 0 Å². The molecule has 2 heterocycles. The Hall–Kier alpha value is -7.36. The van der Waals surface area contributed by atoms with E-state index in [9.17, 15) is 0 Å². The van der Waals surface area contributed by atoms with Gasteiger partial charge in [0.25, 0.3) is 0 Å². The lowest BCUT2D eigenvalue weighted by Crippen LogP contribution is -2.23. The maximum Gasteiger partial charge on any atom is 0.160 e. The largest absolute Gasteiger partial charge is 0.456 e. The van der Waals surface area contributed by atoms with Gasteiger partial charge in [0.1, 0.15) is 11.2 Å². The Morgan fingerprint density at radius 2 is 0.947 bits per heavy atom. The van der Waals surface area contributed by atoms with Gasteiger partial charge in [-0.25, -0.2) is 9.97 Å². The molecule has 1 aliphatic rings. The molecule has 3 nitrogen and oxygen atoms in total. The number of fused-ring (bicyclic) bond motifs is 6. The van der Waals surface area contributed by atoms with Crippen LogP contribution < -0.4 is 0 Å². The van der Waals surface area contributed by atoms with Crippen molar-refractivity contribution in [3.05, 3.63) is 217 Å². The minimum atomic E-state index is -0.389. The first-order valence-corrected chi connectivity index (χ1v) is 19.5. The fraction of sp³-hybridized carbons (Fsp3) is 0.0370. The third-order valence-corrected chi connectivity index (χ3v) is 11.8. The lowest BCUT2D eigenvalue weighted by molar-refractivity contribution is 0.669. The number of hydrogen-bond acceptors (Lipinski definition) is 3. The molecule has 3 heteroatoms. The number of benzene rings is 8. The van der Waals surface area contributed by atoms with Gasteiger partial charge >= 0.3 is 0 Å². The Balaban J connectivity index is 1.13. The SMILES string of the molecule is CC1(c2ccccc2)c2ccccc2-c2cccc(-c3cc(-c4ccccc4-c4ccccc4-c4ccc5oc6ccccc6c5c4)nc(-c4ccccc4)n3)c21. The summed E-state index contributed by atoms with van der Waals surface area (Å²) >= 11 is 0. The van der Waals surface area contributed by atoms with E-state index >= 15 is 0 Å². The predicted molar refractivity (Wildman–Crippen MR) is 234 cm³/mol. The van der Waals surface area contributed by atoms with Crippen molar-refractivity contribution in [1.29, 1.82) is 0 Å². The molecule has 0 aliphatic heterocycles.